The van der Waals surface area contributed by atoms with Gasteiger partial charge in [-0.1, -0.05) is 12.1 Å². The number of amides is 2. The van der Waals surface area contributed by atoms with E-state index in [1.807, 2.05) is 0 Å². The summed E-state index contributed by atoms with van der Waals surface area (Å²) in [6.07, 6.45) is 0.132. The van der Waals surface area contributed by atoms with Crippen LogP contribution in [0.25, 0.3) is 0 Å². The molecule has 0 saturated carbocycles. The summed E-state index contributed by atoms with van der Waals surface area (Å²) in [4.78, 5) is 38.1. The number of benzene rings is 1. The number of rotatable bonds is 5. The highest BCUT2D eigenvalue weighted by Gasteiger charge is 2.20. The average molecular weight is 320 g/mol. The SMILES string of the molecule is CN(CC(=O)N1CCOCC1)C(=O)Cc1ccc(C(=O)O)cc1. The van der Waals surface area contributed by atoms with Crippen LogP contribution in [0.4, 0.5) is 0 Å². The van der Waals surface area contributed by atoms with Crippen molar-refractivity contribution in [3.8, 4) is 0 Å². The molecule has 2 rings (SSSR count). The Labute approximate surface area is 134 Å². The van der Waals surface area contributed by atoms with E-state index in [9.17, 15) is 14.4 Å². The minimum absolute atomic E-state index is 0.0338. The first-order valence-corrected chi connectivity index (χ1v) is 7.39. The molecule has 0 unspecified atom stereocenters. The molecule has 1 aliphatic rings. The van der Waals surface area contributed by atoms with E-state index < -0.39 is 5.97 Å². The van der Waals surface area contributed by atoms with Crippen LogP contribution in [-0.4, -0.2) is 72.6 Å². The van der Waals surface area contributed by atoms with Crippen LogP contribution in [0, 0.1) is 0 Å². The molecule has 1 heterocycles. The number of likely N-dealkylation sites (N-methyl/N-ethyl adjacent to an activating group) is 1. The highest BCUT2D eigenvalue weighted by Crippen LogP contribution is 2.07. The van der Waals surface area contributed by atoms with Gasteiger partial charge in [0.1, 0.15) is 0 Å². The summed E-state index contributed by atoms with van der Waals surface area (Å²) in [5, 5.41) is 8.84. The maximum Gasteiger partial charge on any atom is 0.335 e. The van der Waals surface area contributed by atoms with Crippen molar-refractivity contribution in [2.24, 2.45) is 0 Å². The summed E-state index contributed by atoms with van der Waals surface area (Å²) in [5.74, 6) is -1.28. The quantitative estimate of drug-likeness (QED) is 0.840. The number of nitrogens with zero attached hydrogens (tertiary/aromatic N) is 2. The van der Waals surface area contributed by atoms with Crippen molar-refractivity contribution in [2.45, 2.75) is 6.42 Å². The molecular formula is C16H20N2O5. The van der Waals surface area contributed by atoms with E-state index in [2.05, 4.69) is 0 Å². The number of carboxylic acids is 1. The van der Waals surface area contributed by atoms with E-state index in [0.29, 0.717) is 31.9 Å². The molecule has 1 aromatic carbocycles. The minimum Gasteiger partial charge on any atom is -0.478 e. The van der Waals surface area contributed by atoms with E-state index in [4.69, 9.17) is 9.84 Å². The second-order valence-corrected chi connectivity index (χ2v) is 5.42. The largest absolute Gasteiger partial charge is 0.478 e. The van der Waals surface area contributed by atoms with Crippen LogP contribution in [0.5, 0.6) is 0 Å². The summed E-state index contributed by atoms with van der Waals surface area (Å²) in [6, 6.07) is 6.14. The van der Waals surface area contributed by atoms with Gasteiger partial charge in [-0.2, -0.15) is 0 Å². The summed E-state index contributed by atoms with van der Waals surface area (Å²) in [7, 11) is 1.59. The molecule has 0 atom stereocenters. The van der Waals surface area contributed by atoms with Gasteiger partial charge in [-0.05, 0) is 17.7 Å². The third-order valence-electron chi connectivity index (χ3n) is 3.72. The van der Waals surface area contributed by atoms with Gasteiger partial charge in [0.2, 0.25) is 11.8 Å². The lowest BCUT2D eigenvalue weighted by molar-refractivity contribution is -0.141. The lowest BCUT2D eigenvalue weighted by Gasteiger charge is -2.28. The van der Waals surface area contributed by atoms with Crippen molar-refractivity contribution < 1.29 is 24.2 Å². The molecule has 1 N–H and O–H groups in total. The standard InChI is InChI=1S/C16H20N2O5/c1-17(11-15(20)18-6-8-23-9-7-18)14(19)10-12-2-4-13(5-3-12)16(21)22/h2-5H,6-11H2,1H3,(H,21,22). The Morgan fingerprint density at radius 1 is 1.17 bits per heavy atom. The Bertz CT molecular complexity index is 579. The Morgan fingerprint density at radius 3 is 2.35 bits per heavy atom. The Balaban J connectivity index is 1.86. The van der Waals surface area contributed by atoms with Gasteiger partial charge in [-0.3, -0.25) is 9.59 Å². The van der Waals surface area contributed by atoms with Crippen LogP contribution in [0.3, 0.4) is 0 Å². The Morgan fingerprint density at radius 2 is 1.78 bits per heavy atom. The fourth-order valence-electron chi connectivity index (χ4n) is 2.28. The topological polar surface area (TPSA) is 87.2 Å². The normalized spacial score (nSPS) is 14.4. The molecule has 23 heavy (non-hydrogen) atoms. The Hall–Kier alpha value is -2.41. The molecule has 0 aliphatic carbocycles. The monoisotopic (exact) mass is 320 g/mol. The molecule has 0 spiro atoms. The summed E-state index contributed by atoms with van der Waals surface area (Å²) >= 11 is 0. The van der Waals surface area contributed by atoms with E-state index in [1.165, 1.54) is 17.0 Å². The van der Waals surface area contributed by atoms with Gasteiger partial charge in [0, 0.05) is 20.1 Å². The molecule has 124 valence electrons. The lowest BCUT2D eigenvalue weighted by Crippen LogP contribution is -2.46. The Kier molecular flexibility index (Phi) is 5.70. The number of carbonyl (C=O) groups excluding carboxylic acids is 2. The average Bonchev–Trinajstić information content (AvgIpc) is 2.56. The first kappa shape index (κ1) is 17.0. The van der Waals surface area contributed by atoms with Crippen molar-refractivity contribution in [3.05, 3.63) is 35.4 Å². The van der Waals surface area contributed by atoms with Crippen molar-refractivity contribution >= 4 is 17.8 Å². The maximum absolute atomic E-state index is 12.2. The summed E-state index contributed by atoms with van der Waals surface area (Å²) in [5.41, 5.74) is 0.891. The van der Waals surface area contributed by atoms with Gasteiger partial charge in [-0.25, -0.2) is 4.79 Å². The number of hydrogen-bond donors (Lipinski definition) is 1. The predicted octanol–water partition coefficient (Wildman–Crippen LogP) is 0.245. The molecule has 1 aromatic rings. The van der Waals surface area contributed by atoms with E-state index >= 15 is 0 Å². The first-order valence-electron chi connectivity index (χ1n) is 7.39. The molecule has 0 radical (unpaired) electrons. The third kappa shape index (κ3) is 4.79. The molecule has 7 nitrogen and oxygen atoms in total. The molecule has 2 amide bonds. The zero-order chi connectivity index (χ0) is 16.8. The first-order chi connectivity index (χ1) is 11.0. The van der Waals surface area contributed by atoms with Crippen LogP contribution in [-0.2, 0) is 20.7 Å². The van der Waals surface area contributed by atoms with Crippen LogP contribution in [0.15, 0.2) is 24.3 Å². The van der Waals surface area contributed by atoms with Crippen molar-refractivity contribution in [1.82, 2.24) is 9.80 Å². The molecule has 1 aliphatic heterocycles. The highest BCUT2D eigenvalue weighted by atomic mass is 16.5. The number of carboxylic acid groups (broad SMARTS) is 1. The number of hydrogen-bond acceptors (Lipinski definition) is 4. The van der Waals surface area contributed by atoms with Crippen LogP contribution < -0.4 is 0 Å². The van der Waals surface area contributed by atoms with Gasteiger partial charge in [0.05, 0.1) is 31.7 Å². The van der Waals surface area contributed by atoms with Crippen molar-refractivity contribution in [3.63, 3.8) is 0 Å². The summed E-state index contributed by atoms with van der Waals surface area (Å²) < 4.78 is 5.19. The zero-order valence-corrected chi connectivity index (χ0v) is 13.0. The maximum atomic E-state index is 12.2. The van der Waals surface area contributed by atoms with Gasteiger partial charge >= 0.3 is 5.97 Å². The highest BCUT2D eigenvalue weighted by molar-refractivity contribution is 5.88. The van der Waals surface area contributed by atoms with Crippen molar-refractivity contribution in [1.29, 1.82) is 0 Å². The van der Waals surface area contributed by atoms with Gasteiger partial charge < -0.3 is 19.6 Å². The van der Waals surface area contributed by atoms with Crippen LogP contribution in [0.2, 0.25) is 0 Å². The second-order valence-electron chi connectivity index (χ2n) is 5.42. The van der Waals surface area contributed by atoms with Gasteiger partial charge in [0.25, 0.3) is 0 Å². The van der Waals surface area contributed by atoms with E-state index in [1.54, 1.807) is 24.1 Å². The van der Waals surface area contributed by atoms with Gasteiger partial charge in [0.15, 0.2) is 0 Å². The number of carbonyl (C=O) groups is 3. The molecule has 0 bridgehead atoms. The van der Waals surface area contributed by atoms with Crippen LogP contribution >= 0.6 is 0 Å². The second kappa shape index (κ2) is 7.73. The number of ether oxygens (including phenoxy) is 1. The molecule has 0 aromatic heterocycles. The van der Waals surface area contributed by atoms with E-state index in [-0.39, 0.29) is 30.3 Å². The van der Waals surface area contributed by atoms with E-state index in [0.717, 1.165) is 0 Å². The molecule has 1 fully saturated rings. The number of aromatic carboxylic acids is 1. The fraction of sp³-hybridized carbons (Fsp3) is 0.438. The predicted molar refractivity (Wildman–Crippen MR) is 82.1 cm³/mol. The molecular weight excluding hydrogens is 300 g/mol. The van der Waals surface area contributed by atoms with Gasteiger partial charge in [-0.15, -0.1) is 0 Å². The third-order valence-corrected chi connectivity index (χ3v) is 3.72. The lowest BCUT2D eigenvalue weighted by atomic mass is 10.1. The molecule has 1 saturated heterocycles. The zero-order valence-electron chi connectivity index (χ0n) is 13.0. The summed E-state index contributed by atoms with van der Waals surface area (Å²) in [6.45, 7) is 2.19. The smallest absolute Gasteiger partial charge is 0.335 e. The van der Waals surface area contributed by atoms with Crippen molar-refractivity contribution in [2.75, 3.05) is 39.9 Å². The molecule has 7 heteroatoms. The minimum atomic E-state index is -1.00. The number of morpholine rings is 1. The van der Waals surface area contributed by atoms with Crippen LogP contribution in [0.1, 0.15) is 15.9 Å². The fourth-order valence-corrected chi connectivity index (χ4v) is 2.28.